The molecule has 4 heterocycles. The summed E-state index contributed by atoms with van der Waals surface area (Å²) in [4.78, 5) is 29.0. The van der Waals surface area contributed by atoms with E-state index in [2.05, 4.69) is 21.9 Å². The molecule has 7 nitrogen and oxygen atoms in total. The van der Waals surface area contributed by atoms with Crippen molar-refractivity contribution >= 4 is 17.2 Å². The van der Waals surface area contributed by atoms with Gasteiger partial charge in [0.2, 0.25) is 5.88 Å². The van der Waals surface area contributed by atoms with E-state index in [1.165, 1.54) is 11.3 Å². The summed E-state index contributed by atoms with van der Waals surface area (Å²) in [6.45, 7) is 5.92. The summed E-state index contributed by atoms with van der Waals surface area (Å²) in [6.07, 6.45) is 6.43. The zero-order valence-electron chi connectivity index (χ0n) is 17.9. The monoisotopic (exact) mass is 438 g/mol. The Labute approximate surface area is 185 Å². The van der Waals surface area contributed by atoms with Crippen LogP contribution in [0.4, 0.5) is 0 Å². The number of hydrogen-bond donors (Lipinski definition) is 1. The highest BCUT2D eigenvalue weighted by Crippen LogP contribution is 2.32. The quantitative estimate of drug-likeness (QED) is 0.650. The average Bonchev–Trinajstić information content (AvgIpc) is 3.25. The molecule has 1 aliphatic heterocycles. The van der Waals surface area contributed by atoms with Crippen molar-refractivity contribution < 1.29 is 14.6 Å². The maximum Gasteiger partial charge on any atom is 0.255 e. The third kappa shape index (κ3) is 4.60. The van der Waals surface area contributed by atoms with Gasteiger partial charge in [0.15, 0.2) is 5.82 Å². The van der Waals surface area contributed by atoms with Crippen molar-refractivity contribution in [1.82, 2.24) is 19.9 Å². The van der Waals surface area contributed by atoms with Crippen LogP contribution in [0.15, 0.2) is 48.2 Å². The Bertz CT molecular complexity index is 1050. The number of hydrogen-bond acceptors (Lipinski definition) is 7. The van der Waals surface area contributed by atoms with Crippen molar-refractivity contribution in [2.45, 2.75) is 51.4 Å². The Morgan fingerprint density at radius 2 is 1.90 bits per heavy atom. The van der Waals surface area contributed by atoms with Gasteiger partial charge in [0, 0.05) is 30.2 Å². The number of aromatic nitrogens is 3. The largest absolute Gasteiger partial charge is 0.472 e. The molecule has 1 N–H and O–H groups in total. The molecule has 0 aliphatic carbocycles. The minimum Gasteiger partial charge on any atom is -0.472 e. The van der Waals surface area contributed by atoms with Gasteiger partial charge < -0.3 is 14.7 Å². The SMILES string of the molecule is C[C@@H]1CC[C@@H](Oc2ncccc2C(C)(C)O)CN1C(=O)c1ccsc1-c1ncccn1. The highest BCUT2D eigenvalue weighted by atomic mass is 32.1. The summed E-state index contributed by atoms with van der Waals surface area (Å²) in [7, 11) is 0. The predicted molar refractivity (Wildman–Crippen MR) is 119 cm³/mol. The molecule has 31 heavy (non-hydrogen) atoms. The lowest BCUT2D eigenvalue weighted by molar-refractivity contribution is 0.0326. The molecule has 1 amide bonds. The van der Waals surface area contributed by atoms with Crippen molar-refractivity contribution in [3.8, 4) is 16.6 Å². The van der Waals surface area contributed by atoms with Gasteiger partial charge in [-0.3, -0.25) is 4.79 Å². The van der Waals surface area contributed by atoms with E-state index < -0.39 is 5.60 Å². The standard InChI is InChI=1S/C23H26N4O3S/c1-15-7-8-16(30-21-18(23(2,3)29)6-4-10-26-21)14-27(15)22(28)17-9-13-31-19(17)20-24-11-5-12-25-20/h4-6,9-13,15-16,29H,7-8,14H2,1-3H3/t15-,16-/m1/s1. The van der Waals surface area contributed by atoms with Crippen LogP contribution in [-0.4, -0.2) is 49.6 Å². The summed E-state index contributed by atoms with van der Waals surface area (Å²) < 4.78 is 6.19. The van der Waals surface area contributed by atoms with Crippen LogP contribution in [0.3, 0.4) is 0 Å². The number of aliphatic hydroxyl groups is 1. The molecular weight excluding hydrogens is 412 g/mol. The van der Waals surface area contributed by atoms with E-state index in [9.17, 15) is 9.90 Å². The Morgan fingerprint density at radius 1 is 1.16 bits per heavy atom. The van der Waals surface area contributed by atoms with E-state index in [0.717, 1.165) is 17.7 Å². The minimum atomic E-state index is -1.07. The highest BCUT2D eigenvalue weighted by molar-refractivity contribution is 7.14. The molecule has 0 aromatic carbocycles. The molecule has 3 aromatic rings. The molecule has 0 radical (unpaired) electrons. The number of amides is 1. The van der Waals surface area contributed by atoms with Gasteiger partial charge in [-0.15, -0.1) is 11.3 Å². The van der Waals surface area contributed by atoms with Gasteiger partial charge in [-0.2, -0.15) is 0 Å². The van der Waals surface area contributed by atoms with Crippen molar-refractivity contribution in [2.24, 2.45) is 0 Å². The minimum absolute atomic E-state index is 0.0479. The molecule has 3 aromatic heterocycles. The van der Waals surface area contributed by atoms with E-state index in [1.807, 2.05) is 22.4 Å². The number of rotatable bonds is 5. The Kier molecular flexibility index (Phi) is 6.02. The van der Waals surface area contributed by atoms with Crippen molar-refractivity contribution in [3.63, 3.8) is 0 Å². The summed E-state index contributed by atoms with van der Waals surface area (Å²) in [5.41, 5.74) is 0.175. The van der Waals surface area contributed by atoms with Crippen molar-refractivity contribution in [3.05, 3.63) is 59.4 Å². The van der Waals surface area contributed by atoms with Crippen LogP contribution in [0.5, 0.6) is 5.88 Å². The van der Waals surface area contributed by atoms with Crippen LogP contribution in [0.25, 0.3) is 10.7 Å². The molecule has 0 saturated carbocycles. The Balaban J connectivity index is 1.55. The summed E-state index contributed by atoms with van der Waals surface area (Å²) in [5, 5.41) is 12.3. The third-order valence-corrected chi connectivity index (χ3v) is 6.38. The topological polar surface area (TPSA) is 88.4 Å². The highest BCUT2D eigenvalue weighted by Gasteiger charge is 2.33. The average molecular weight is 439 g/mol. The lowest BCUT2D eigenvalue weighted by atomic mass is 9.98. The van der Waals surface area contributed by atoms with E-state index in [4.69, 9.17) is 4.74 Å². The summed E-state index contributed by atoms with van der Waals surface area (Å²) >= 11 is 1.46. The van der Waals surface area contributed by atoms with Gasteiger partial charge in [-0.25, -0.2) is 15.0 Å². The zero-order valence-corrected chi connectivity index (χ0v) is 18.7. The molecule has 0 unspecified atom stereocenters. The fraction of sp³-hybridized carbons (Fsp3) is 0.391. The fourth-order valence-electron chi connectivity index (χ4n) is 3.78. The molecule has 1 fully saturated rings. The van der Waals surface area contributed by atoms with Gasteiger partial charge >= 0.3 is 0 Å². The molecule has 0 bridgehead atoms. The summed E-state index contributed by atoms with van der Waals surface area (Å²) in [6, 6.07) is 7.28. The molecule has 8 heteroatoms. The molecule has 1 aliphatic rings. The second-order valence-electron chi connectivity index (χ2n) is 8.27. The van der Waals surface area contributed by atoms with Crippen LogP contribution in [-0.2, 0) is 5.60 Å². The van der Waals surface area contributed by atoms with Crippen LogP contribution in [0.1, 0.15) is 49.5 Å². The van der Waals surface area contributed by atoms with Crippen molar-refractivity contribution in [2.75, 3.05) is 6.54 Å². The molecule has 2 atom stereocenters. The predicted octanol–water partition coefficient (Wildman–Crippen LogP) is 3.90. The molecule has 4 rings (SSSR count). The first-order valence-electron chi connectivity index (χ1n) is 10.3. The van der Waals surface area contributed by atoms with Crippen LogP contribution < -0.4 is 4.74 Å². The molecule has 1 saturated heterocycles. The van der Waals surface area contributed by atoms with E-state index in [-0.39, 0.29) is 18.1 Å². The van der Waals surface area contributed by atoms with Gasteiger partial charge in [0.05, 0.1) is 22.6 Å². The normalized spacial score (nSPS) is 19.3. The first-order chi connectivity index (χ1) is 14.8. The smallest absolute Gasteiger partial charge is 0.255 e. The molecular formula is C23H26N4O3S. The Morgan fingerprint density at radius 3 is 2.65 bits per heavy atom. The van der Waals surface area contributed by atoms with E-state index >= 15 is 0 Å². The van der Waals surface area contributed by atoms with Gasteiger partial charge in [-0.1, -0.05) is 0 Å². The zero-order chi connectivity index (χ0) is 22.0. The fourth-order valence-corrected chi connectivity index (χ4v) is 4.62. The first-order valence-corrected chi connectivity index (χ1v) is 11.2. The van der Waals surface area contributed by atoms with E-state index in [1.54, 1.807) is 44.6 Å². The van der Waals surface area contributed by atoms with Gasteiger partial charge in [0.1, 0.15) is 6.10 Å². The lowest BCUT2D eigenvalue weighted by Gasteiger charge is -2.38. The Hall–Kier alpha value is -2.84. The van der Waals surface area contributed by atoms with Crippen LogP contribution in [0.2, 0.25) is 0 Å². The van der Waals surface area contributed by atoms with Crippen LogP contribution >= 0.6 is 11.3 Å². The lowest BCUT2D eigenvalue weighted by Crippen LogP contribution is -2.49. The second kappa shape index (κ2) is 8.72. The number of likely N-dealkylation sites (tertiary alicyclic amines) is 1. The number of thiophene rings is 1. The van der Waals surface area contributed by atoms with Gasteiger partial charge in [0.25, 0.3) is 5.91 Å². The van der Waals surface area contributed by atoms with Crippen LogP contribution in [0, 0.1) is 0 Å². The number of ether oxygens (including phenoxy) is 1. The molecule has 0 spiro atoms. The molecule has 162 valence electrons. The number of pyridine rings is 1. The maximum absolute atomic E-state index is 13.5. The summed E-state index contributed by atoms with van der Waals surface area (Å²) in [5.74, 6) is 0.922. The van der Waals surface area contributed by atoms with Gasteiger partial charge in [-0.05, 0) is 63.3 Å². The second-order valence-corrected chi connectivity index (χ2v) is 9.19. The maximum atomic E-state index is 13.5. The number of nitrogens with zero attached hydrogens (tertiary/aromatic N) is 4. The first kappa shape index (κ1) is 21.4. The van der Waals surface area contributed by atoms with Crippen molar-refractivity contribution in [1.29, 1.82) is 0 Å². The number of carbonyl (C=O) groups excluding carboxylic acids is 1. The third-order valence-electron chi connectivity index (χ3n) is 5.47. The number of carbonyl (C=O) groups is 1. The van der Waals surface area contributed by atoms with E-state index in [0.29, 0.717) is 29.4 Å². The number of piperidine rings is 1.